The predicted molar refractivity (Wildman–Crippen MR) is 131 cm³/mol. The number of benzene rings is 2. The Morgan fingerprint density at radius 1 is 1.09 bits per heavy atom. The van der Waals surface area contributed by atoms with Gasteiger partial charge in [-0.25, -0.2) is 4.98 Å². The second-order valence-electron chi connectivity index (χ2n) is 8.75. The molecule has 3 N–H and O–H groups in total. The van der Waals surface area contributed by atoms with Crippen LogP contribution >= 0.6 is 12.2 Å². The fourth-order valence-corrected chi connectivity index (χ4v) is 3.54. The maximum absolute atomic E-state index is 10.6. The summed E-state index contributed by atoms with van der Waals surface area (Å²) in [5, 5.41) is 17.0. The fourth-order valence-electron chi connectivity index (χ4n) is 3.31. The first-order valence-corrected chi connectivity index (χ1v) is 10.8. The van der Waals surface area contributed by atoms with Crippen molar-refractivity contribution in [1.29, 1.82) is 0 Å². The van der Waals surface area contributed by atoms with E-state index >= 15 is 0 Å². The van der Waals surface area contributed by atoms with Gasteiger partial charge >= 0.3 is 0 Å². The van der Waals surface area contributed by atoms with Gasteiger partial charge in [0, 0.05) is 23.0 Å². The van der Waals surface area contributed by atoms with Crippen molar-refractivity contribution >= 4 is 34.2 Å². The third kappa shape index (κ3) is 4.79. The topological polar surface area (TPSA) is 83.2 Å². The van der Waals surface area contributed by atoms with Crippen molar-refractivity contribution in [2.75, 3.05) is 5.32 Å². The highest BCUT2D eigenvalue weighted by molar-refractivity contribution is 7.80. The smallest absolute Gasteiger partial charge is 0.228 e. The minimum Gasteiger partial charge on any atom is -0.434 e. The molecular weight excluding hydrogens is 420 g/mol. The van der Waals surface area contributed by atoms with Gasteiger partial charge < -0.3 is 20.2 Å². The van der Waals surface area contributed by atoms with Crippen LogP contribution in [0.1, 0.15) is 43.7 Å². The third-order valence-electron chi connectivity index (χ3n) is 5.26. The molecule has 2 aromatic carbocycles. The molecule has 1 unspecified atom stereocenters. The first-order chi connectivity index (χ1) is 15.2. The Morgan fingerprint density at radius 3 is 2.53 bits per heavy atom. The molecule has 0 spiro atoms. The molecule has 0 amide bonds. The van der Waals surface area contributed by atoms with Crippen LogP contribution in [-0.4, -0.2) is 20.2 Å². The second kappa shape index (κ2) is 8.68. The number of aliphatic hydroxyl groups is 1. The molecule has 6 nitrogen and oxygen atoms in total. The molecule has 32 heavy (non-hydrogen) atoms. The summed E-state index contributed by atoms with van der Waals surface area (Å²) in [5.41, 5.74) is 5.80. The van der Waals surface area contributed by atoms with Gasteiger partial charge in [-0.05, 0) is 59.9 Å². The highest BCUT2D eigenvalue weighted by Gasteiger charge is 2.16. The molecule has 0 saturated carbocycles. The van der Waals surface area contributed by atoms with E-state index in [1.807, 2.05) is 61.5 Å². The van der Waals surface area contributed by atoms with Gasteiger partial charge in [0.25, 0.3) is 0 Å². The second-order valence-corrected chi connectivity index (χ2v) is 9.16. The van der Waals surface area contributed by atoms with Crippen LogP contribution in [0, 0.1) is 6.92 Å². The quantitative estimate of drug-likeness (QED) is 0.283. The van der Waals surface area contributed by atoms with Crippen LogP contribution < -0.4 is 10.6 Å². The highest BCUT2D eigenvalue weighted by atomic mass is 32.1. The molecule has 164 valence electrons. The Hall–Kier alpha value is -3.29. The summed E-state index contributed by atoms with van der Waals surface area (Å²) >= 11 is 5.44. The molecular formula is C25H26N4O2S. The van der Waals surface area contributed by atoms with E-state index in [1.54, 1.807) is 6.20 Å². The van der Waals surface area contributed by atoms with E-state index in [9.17, 15) is 5.11 Å². The van der Waals surface area contributed by atoms with Gasteiger partial charge in [-0.2, -0.15) is 4.98 Å². The third-order valence-corrected chi connectivity index (χ3v) is 5.48. The van der Waals surface area contributed by atoms with E-state index in [-0.39, 0.29) is 5.41 Å². The summed E-state index contributed by atoms with van der Waals surface area (Å²) in [6, 6.07) is 17.3. The van der Waals surface area contributed by atoms with Crippen LogP contribution in [0.25, 0.3) is 22.7 Å². The van der Waals surface area contributed by atoms with Crippen molar-refractivity contribution in [2.24, 2.45) is 0 Å². The summed E-state index contributed by atoms with van der Waals surface area (Å²) in [7, 11) is 0. The maximum Gasteiger partial charge on any atom is 0.228 e. The number of hydrogen-bond acceptors (Lipinski definition) is 5. The number of nitrogens with zero attached hydrogens (tertiary/aromatic N) is 2. The van der Waals surface area contributed by atoms with Crippen molar-refractivity contribution < 1.29 is 9.52 Å². The average molecular weight is 447 g/mol. The SMILES string of the molecule is Cc1ccc(-c2nc3ncccc3o2)cc1NC(=S)NC(O)c1ccc(C(C)(C)C)cc1. The van der Waals surface area contributed by atoms with E-state index in [2.05, 4.69) is 41.4 Å². The lowest BCUT2D eigenvalue weighted by atomic mass is 9.86. The van der Waals surface area contributed by atoms with Gasteiger partial charge in [0.15, 0.2) is 22.6 Å². The summed E-state index contributed by atoms with van der Waals surface area (Å²) in [5.74, 6) is 0.486. The molecule has 0 bridgehead atoms. The standard InChI is InChI=1S/C25H26N4O2S/c1-15-7-8-17(23-28-21-20(31-23)6-5-13-26-21)14-19(15)27-24(32)29-22(30)16-9-11-18(12-10-16)25(2,3)4/h5-14,22,30H,1-4H3,(H2,27,29,32). The number of pyridine rings is 1. The molecule has 4 rings (SSSR count). The van der Waals surface area contributed by atoms with Gasteiger partial charge in [-0.15, -0.1) is 0 Å². The lowest BCUT2D eigenvalue weighted by Gasteiger charge is -2.21. The Labute approximate surface area is 192 Å². The van der Waals surface area contributed by atoms with E-state index in [4.69, 9.17) is 16.6 Å². The minimum absolute atomic E-state index is 0.0566. The molecule has 7 heteroatoms. The molecule has 2 heterocycles. The Morgan fingerprint density at radius 2 is 1.84 bits per heavy atom. The maximum atomic E-state index is 10.6. The van der Waals surface area contributed by atoms with Crippen molar-refractivity contribution in [1.82, 2.24) is 15.3 Å². The molecule has 1 atom stereocenters. The van der Waals surface area contributed by atoms with Crippen LogP contribution in [0.4, 0.5) is 5.69 Å². The summed E-state index contributed by atoms with van der Waals surface area (Å²) < 4.78 is 5.82. The molecule has 0 aliphatic heterocycles. The zero-order chi connectivity index (χ0) is 22.9. The fraction of sp³-hybridized carbons (Fsp3) is 0.240. The number of fused-ring (bicyclic) bond motifs is 1. The van der Waals surface area contributed by atoms with Gasteiger partial charge in [-0.1, -0.05) is 51.1 Å². The highest BCUT2D eigenvalue weighted by Crippen LogP contribution is 2.28. The van der Waals surface area contributed by atoms with Crippen molar-refractivity contribution in [3.63, 3.8) is 0 Å². The molecule has 0 radical (unpaired) electrons. The number of aromatic nitrogens is 2. The average Bonchev–Trinajstić information content (AvgIpc) is 3.19. The number of oxazole rings is 1. The van der Waals surface area contributed by atoms with E-state index in [1.165, 1.54) is 5.56 Å². The molecule has 0 aliphatic carbocycles. The normalized spacial score (nSPS) is 12.5. The van der Waals surface area contributed by atoms with Crippen LogP contribution in [0.15, 0.2) is 65.2 Å². The molecule has 0 fully saturated rings. The first-order valence-electron chi connectivity index (χ1n) is 10.4. The van der Waals surface area contributed by atoms with Crippen LogP contribution in [-0.2, 0) is 5.41 Å². The van der Waals surface area contributed by atoms with Crippen molar-refractivity contribution in [2.45, 2.75) is 39.3 Å². The Bertz CT molecular complexity index is 1230. The Balaban J connectivity index is 1.47. The number of thiocarbonyl (C=S) groups is 1. The van der Waals surface area contributed by atoms with E-state index in [0.29, 0.717) is 22.2 Å². The number of hydrogen-bond donors (Lipinski definition) is 3. The van der Waals surface area contributed by atoms with Crippen LogP contribution in [0.2, 0.25) is 0 Å². The van der Waals surface area contributed by atoms with E-state index in [0.717, 1.165) is 22.4 Å². The number of aryl methyl sites for hydroxylation is 1. The summed E-state index contributed by atoms with van der Waals surface area (Å²) in [6.07, 6.45) is 0.763. The summed E-state index contributed by atoms with van der Waals surface area (Å²) in [6.45, 7) is 8.45. The number of aliphatic hydroxyl groups excluding tert-OH is 1. The van der Waals surface area contributed by atoms with Gasteiger partial charge in [0.2, 0.25) is 5.89 Å². The molecule has 0 saturated heterocycles. The number of anilines is 1. The number of rotatable bonds is 4. The molecule has 2 aromatic heterocycles. The van der Waals surface area contributed by atoms with Crippen LogP contribution in [0.5, 0.6) is 0 Å². The minimum atomic E-state index is -0.921. The van der Waals surface area contributed by atoms with Gasteiger partial charge in [0.05, 0.1) is 0 Å². The number of nitrogens with one attached hydrogen (secondary N) is 2. The monoisotopic (exact) mass is 446 g/mol. The lowest BCUT2D eigenvalue weighted by molar-refractivity contribution is 0.163. The summed E-state index contributed by atoms with van der Waals surface area (Å²) in [4.78, 5) is 8.67. The molecule has 4 aromatic rings. The van der Waals surface area contributed by atoms with Crippen LogP contribution in [0.3, 0.4) is 0 Å². The first kappa shape index (κ1) is 21.9. The van der Waals surface area contributed by atoms with Crippen molar-refractivity contribution in [3.05, 3.63) is 77.5 Å². The zero-order valence-electron chi connectivity index (χ0n) is 18.5. The van der Waals surface area contributed by atoms with E-state index < -0.39 is 6.23 Å². The van der Waals surface area contributed by atoms with Gasteiger partial charge in [-0.3, -0.25) is 0 Å². The lowest BCUT2D eigenvalue weighted by Crippen LogP contribution is -2.32. The molecule has 0 aliphatic rings. The largest absolute Gasteiger partial charge is 0.434 e. The predicted octanol–water partition coefficient (Wildman–Crippen LogP) is 5.47. The Kier molecular flexibility index (Phi) is 5.95. The zero-order valence-corrected chi connectivity index (χ0v) is 19.3. The van der Waals surface area contributed by atoms with Gasteiger partial charge in [0.1, 0.15) is 0 Å². The van der Waals surface area contributed by atoms with Crippen molar-refractivity contribution in [3.8, 4) is 11.5 Å².